The summed E-state index contributed by atoms with van der Waals surface area (Å²) in [6.45, 7) is 5.76. The molecule has 1 aromatic rings. The molecule has 3 heterocycles. The zero-order chi connectivity index (χ0) is 15.6. The topological polar surface area (TPSA) is 41.5 Å². The maximum absolute atomic E-state index is 5.50. The summed E-state index contributed by atoms with van der Waals surface area (Å²) < 4.78 is 5.50. The van der Waals surface area contributed by atoms with E-state index in [1.165, 1.54) is 45.3 Å². The van der Waals surface area contributed by atoms with Gasteiger partial charge in [0, 0.05) is 58.3 Å². The van der Waals surface area contributed by atoms with E-state index in [-0.39, 0.29) is 0 Å². The van der Waals surface area contributed by atoms with Crippen LogP contribution >= 0.6 is 0 Å². The molecule has 0 radical (unpaired) electrons. The third kappa shape index (κ3) is 3.22. The molecular formula is C18H28N4O. The Morgan fingerprint density at radius 1 is 1.17 bits per heavy atom. The highest BCUT2D eigenvalue weighted by atomic mass is 16.5. The number of ether oxygens (including phenoxy) is 1. The van der Waals surface area contributed by atoms with Crippen molar-refractivity contribution >= 4 is 5.82 Å². The van der Waals surface area contributed by atoms with Gasteiger partial charge in [-0.05, 0) is 43.4 Å². The lowest BCUT2D eigenvalue weighted by molar-refractivity contribution is 0.0545. The zero-order valence-electron chi connectivity index (χ0n) is 14.1. The highest BCUT2D eigenvalue weighted by Crippen LogP contribution is 2.41. The molecule has 23 heavy (non-hydrogen) atoms. The fourth-order valence-electron chi connectivity index (χ4n) is 4.90. The molecule has 3 aliphatic rings. The molecule has 126 valence electrons. The number of nitrogens with zero attached hydrogens (tertiary/aromatic N) is 4. The monoisotopic (exact) mass is 316 g/mol. The van der Waals surface area contributed by atoms with Gasteiger partial charge in [-0.2, -0.15) is 0 Å². The lowest BCUT2D eigenvalue weighted by atomic mass is 9.97. The average molecular weight is 316 g/mol. The number of hydrogen-bond acceptors (Lipinski definition) is 5. The molecule has 0 bridgehead atoms. The average Bonchev–Trinajstić information content (AvgIpc) is 3.16. The van der Waals surface area contributed by atoms with E-state index in [1.54, 1.807) is 12.4 Å². The van der Waals surface area contributed by atoms with E-state index in [0.29, 0.717) is 6.04 Å². The van der Waals surface area contributed by atoms with Gasteiger partial charge in [-0.3, -0.25) is 4.98 Å². The Balaban J connectivity index is 1.37. The van der Waals surface area contributed by atoms with Gasteiger partial charge in [0.15, 0.2) is 0 Å². The zero-order valence-corrected chi connectivity index (χ0v) is 14.1. The Morgan fingerprint density at radius 3 is 2.83 bits per heavy atom. The van der Waals surface area contributed by atoms with Crippen LogP contribution in [0.5, 0.6) is 0 Å². The molecule has 1 saturated carbocycles. The lowest BCUT2D eigenvalue weighted by Crippen LogP contribution is -2.39. The van der Waals surface area contributed by atoms with Crippen molar-refractivity contribution < 1.29 is 4.74 Å². The van der Waals surface area contributed by atoms with Gasteiger partial charge in [-0.15, -0.1) is 0 Å². The Morgan fingerprint density at radius 2 is 2.04 bits per heavy atom. The first-order chi connectivity index (χ1) is 11.3. The largest absolute Gasteiger partial charge is 0.381 e. The quantitative estimate of drug-likeness (QED) is 0.850. The second kappa shape index (κ2) is 6.73. The van der Waals surface area contributed by atoms with E-state index in [1.807, 2.05) is 6.20 Å². The van der Waals surface area contributed by atoms with Crippen molar-refractivity contribution in [3.8, 4) is 0 Å². The smallest absolute Gasteiger partial charge is 0.147 e. The molecule has 0 N–H and O–H groups in total. The van der Waals surface area contributed by atoms with Crippen LogP contribution in [0, 0.1) is 17.8 Å². The van der Waals surface area contributed by atoms with Crippen LogP contribution < -0.4 is 4.90 Å². The number of aromatic nitrogens is 2. The number of likely N-dealkylation sites (tertiary alicyclic amines) is 1. The first-order valence-electron chi connectivity index (χ1n) is 9.10. The Hall–Kier alpha value is -1.20. The lowest BCUT2D eigenvalue weighted by Gasteiger charge is -2.31. The molecule has 2 saturated heterocycles. The molecule has 0 aromatic carbocycles. The van der Waals surface area contributed by atoms with E-state index >= 15 is 0 Å². The Labute approximate surface area is 139 Å². The Kier molecular flexibility index (Phi) is 4.49. The van der Waals surface area contributed by atoms with Crippen LogP contribution in [0.25, 0.3) is 0 Å². The van der Waals surface area contributed by atoms with Crippen molar-refractivity contribution in [2.75, 3.05) is 44.8 Å². The molecule has 0 spiro atoms. The summed E-state index contributed by atoms with van der Waals surface area (Å²) >= 11 is 0. The van der Waals surface area contributed by atoms with E-state index in [0.717, 1.165) is 36.8 Å². The maximum atomic E-state index is 5.50. The van der Waals surface area contributed by atoms with Crippen molar-refractivity contribution in [2.45, 2.75) is 31.7 Å². The van der Waals surface area contributed by atoms with E-state index in [2.05, 4.69) is 26.8 Å². The molecule has 5 nitrogen and oxygen atoms in total. The summed E-state index contributed by atoms with van der Waals surface area (Å²) in [5, 5.41) is 0. The van der Waals surface area contributed by atoms with Gasteiger partial charge in [-0.1, -0.05) is 0 Å². The molecule has 4 rings (SSSR count). The van der Waals surface area contributed by atoms with Crippen molar-refractivity contribution in [3.63, 3.8) is 0 Å². The molecule has 5 heteroatoms. The fourth-order valence-corrected chi connectivity index (χ4v) is 4.90. The first kappa shape index (κ1) is 15.3. The van der Waals surface area contributed by atoms with Crippen molar-refractivity contribution in [1.29, 1.82) is 0 Å². The van der Waals surface area contributed by atoms with Crippen LogP contribution in [0.2, 0.25) is 0 Å². The molecule has 2 aliphatic heterocycles. The third-order valence-electron chi connectivity index (χ3n) is 6.16. The van der Waals surface area contributed by atoms with Crippen LogP contribution in [0.1, 0.15) is 25.7 Å². The number of hydrogen-bond donors (Lipinski definition) is 0. The minimum atomic E-state index is 0.622. The summed E-state index contributed by atoms with van der Waals surface area (Å²) in [6.07, 6.45) is 10.6. The van der Waals surface area contributed by atoms with E-state index < -0.39 is 0 Å². The second-order valence-corrected chi connectivity index (χ2v) is 7.52. The second-order valence-electron chi connectivity index (χ2n) is 7.52. The standard InChI is InChI=1S/C18H28N4O/c1-21(18-10-19-6-7-20-18)17-3-2-15-12-22(13-16(15)17)11-14-4-8-23-9-5-14/h6-7,10,14-17H,2-5,8-9,11-13H2,1H3/t15-,16+,17-/m1/s1. The molecule has 3 fully saturated rings. The number of anilines is 1. The van der Waals surface area contributed by atoms with Gasteiger partial charge in [-0.25, -0.2) is 4.98 Å². The van der Waals surface area contributed by atoms with E-state index in [4.69, 9.17) is 4.74 Å². The predicted octanol–water partition coefficient (Wildman–Crippen LogP) is 2.05. The number of fused-ring (bicyclic) bond motifs is 1. The van der Waals surface area contributed by atoms with Gasteiger partial charge in [0.25, 0.3) is 0 Å². The normalized spacial score (nSPS) is 32.1. The van der Waals surface area contributed by atoms with Crippen LogP contribution in [-0.4, -0.2) is 60.8 Å². The third-order valence-corrected chi connectivity index (χ3v) is 6.16. The van der Waals surface area contributed by atoms with E-state index in [9.17, 15) is 0 Å². The summed E-state index contributed by atoms with van der Waals surface area (Å²) in [6, 6.07) is 0.622. The minimum absolute atomic E-state index is 0.622. The highest BCUT2D eigenvalue weighted by Gasteiger charge is 2.44. The highest BCUT2D eigenvalue weighted by molar-refractivity contribution is 5.36. The summed E-state index contributed by atoms with van der Waals surface area (Å²) in [5.74, 6) is 3.53. The SMILES string of the molecule is CN(c1cnccn1)[C@@H]1CC[C@@H]2CN(CC3CCOCC3)C[C@@H]21. The van der Waals surface area contributed by atoms with Crippen molar-refractivity contribution in [2.24, 2.45) is 17.8 Å². The first-order valence-corrected chi connectivity index (χ1v) is 9.10. The fraction of sp³-hybridized carbons (Fsp3) is 0.778. The van der Waals surface area contributed by atoms with Gasteiger partial charge < -0.3 is 14.5 Å². The molecule has 1 aliphatic carbocycles. The molecule has 1 aromatic heterocycles. The van der Waals surface area contributed by atoms with Crippen molar-refractivity contribution in [1.82, 2.24) is 14.9 Å². The molecular weight excluding hydrogens is 288 g/mol. The minimum Gasteiger partial charge on any atom is -0.381 e. The van der Waals surface area contributed by atoms with Gasteiger partial charge >= 0.3 is 0 Å². The van der Waals surface area contributed by atoms with Gasteiger partial charge in [0.1, 0.15) is 5.82 Å². The van der Waals surface area contributed by atoms with Gasteiger partial charge in [0.05, 0.1) is 6.20 Å². The summed E-state index contributed by atoms with van der Waals surface area (Å²) in [4.78, 5) is 13.8. The van der Waals surface area contributed by atoms with Crippen LogP contribution in [0.4, 0.5) is 5.82 Å². The molecule has 3 atom stereocenters. The maximum Gasteiger partial charge on any atom is 0.147 e. The molecule has 0 unspecified atom stereocenters. The van der Waals surface area contributed by atoms with Crippen LogP contribution in [0.3, 0.4) is 0 Å². The van der Waals surface area contributed by atoms with Crippen molar-refractivity contribution in [3.05, 3.63) is 18.6 Å². The van der Waals surface area contributed by atoms with Gasteiger partial charge in [0.2, 0.25) is 0 Å². The Bertz CT molecular complexity index is 505. The van der Waals surface area contributed by atoms with Crippen LogP contribution in [0.15, 0.2) is 18.6 Å². The summed E-state index contributed by atoms with van der Waals surface area (Å²) in [7, 11) is 2.19. The number of rotatable bonds is 4. The summed E-state index contributed by atoms with van der Waals surface area (Å²) in [5.41, 5.74) is 0. The predicted molar refractivity (Wildman–Crippen MR) is 90.4 cm³/mol. The molecule has 0 amide bonds. The van der Waals surface area contributed by atoms with Crippen LogP contribution in [-0.2, 0) is 4.74 Å².